The molecule has 1 aliphatic heterocycles. The predicted octanol–water partition coefficient (Wildman–Crippen LogP) is 3.79. The third kappa shape index (κ3) is 4.44. The van der Waals surface area contributed by atoms with Crippen LogP contribution in [0.15, 0.2) is 35.4 Å². The van der Waals surface area contributed by atoms with E-state index >= 15 is 4.39 Å². The summed E-state index contributed by atoms with van der Waals surface area (Å²) in [5, 5.41) is 13.2. The van der Waals surface area contributed by atoms with E-state index in [2.05, 4.69) is 20.1 Å². The molecule has 3 aromatic heterocycles. The maximum atomic E-state index is 15.1. The summed E-state index contributed by atoms with van der Waals surface area (Å²) in [6.45, 7) is 0.343. The van der Waals surface area contributed by atoms with E-state index in [1.165, 1.54) is 12.1 Å². The highest BCUT2D eigenvalue weighted by Gasteiger charge is 2.38. The number of ether oxygens (including phenoxy) is 1. The average molecular weight is 513 g/mol. The molecule has 0 bridgehead atoms. The Balaban J connectivity index is 1.72. The minimum Gasteiger partial charge on any atom is -0.373 e. The van der Waals surface area contributed by atoms with Crippen molar-refractivity contribution in [3.8, 4) is 17.3 Å². The van der Waals surface area contributed by atoms with Crippen molar-refractivity contribution < 1.29 is 22.3 Å². The van der Waals surface area contributed by atoms with Gasteiger partial charge in [-0.05, 0) is 31.0 Å². The van der Waals surface area contributed by atoms with Gasteiger partial charge in [0.25, 0.3) is 5.56 Å². The second-order valence-corrected chi connectivity index (χ2v) is 8.76. The van der Waals surface area contributed by atoms with Crippen molar-refractivity contribution in [2.75, 3.05) is 6.61 Å². The van der Waals surface area contributed by atoms with Gasteiger partial charge in [-0.3, -0.25) is 14.0 Å². The fourth-order valence-corrected chi connectivity index (χ4v) is 4.43. The Labute approximate surface area is 207 Å². The summed E-state index contributed by atoms with van der Waals surface area (Å²) in [4.78, 5) is 25.5. The van der Waals surface area contributed by atoms with E-state index in [1.54, 1.807) is 24.0 Å². The van der Waals surface area contributed by atoms with Crippen molar-refractivity contribution >= 4 is 11.0 Å². The van der Waals surface area contributed by atoms with E-state index in [1.807, 2.05) is 6.20 Å². The average Bonchev–Trinajstić information content (AvgIpc) is 3.31. The topological polar surface area (TPSA) is 112 Å². The Bertz CT molecular complexity index is 1620. The van der Waals surface area contributed by atoms with Crippen molar-refractivity contribution in [2.24, 2.45) is 14.1 Å². The number of fused-ring (bicyclic) bond motifs is 1. The summed E-state index contributed by atoms with van der Waals surface area (Å²) in [6, 6.07) is 5.29. The highest BCUT2D eigenvalue weighted by molar-refractivity contribution is 5.88. The van der Waals surface area contributed by atoms with Crippen LogP contribution in [0, 0.1) is 17.1 Å². The zero-order valence-corrected chi connectivity index (χ0v) is 19.6. The number of halogens is 4. The lowest BCUT2D eigenvalue weighted by Crippen LogP contribution is -2.29. The van der Waals surface area contributed by atoms with Crippen LogP contribution in [0.4, 0.5) is 17.6 Å². The second-order valence-electron chi connectivity index (χ2n) is 8.76. The minimum absolute atomic E-state index is 0.0171. The molecule has 1 fully saturated rings. The largest absolute Gasteiger partial charge is 0.449 e. The first-order valence-corrected chi connectivity index (χ1v) is 11.2. The fraction of sp³-hybridized carbons (Fsp3) is 0.333. The van der Waals surface area contributed by atoms with Gasteiger partial charge in [0.05, 0.1) is 23.9 Å². The highest BCUT2D eigenvalue weighted by Crippen LogP contribution is 2.38. The van der Waals surface area contributed by atoms with Gasteiger partial charge in [0.1, 0.15) is 22.9 Å². The lowest BCUT2D eigenvalue weighted by atomic mass is 9.92. The van der Waals surface area contributed by atoms with Gasteiger partial charge < -0.3 is 4.74 Å². The van der Waals surface area contributed by atoms with Crippen LogP contribution in [0.3, 0.4) is 0 Å². The summed E-state index contributed by atoms with van der Waals surface area (Å²) in [5.41, 5.74) is -1.47. The number of rotatable bonds is 3. The molecular formula is C24H19F4N7O2. The molecule has 0 unspecified atom stereocenters. The molecule has 9 nitrogen and oxygen atoms in total. The predicted molar refractivity (Wildman–Crippen MR) is 122 cm³/mol. The number of benzene rings is 1. The molecule has 2 atom stereocenters. The molecule has 190 valence electrons. The van der Waals surface area contributed by atoms with Crippen LogP contribution in [0.2, 0.25) is 0 Å². The molecule has 37 heavy (non-hydrogen) atoms. The summed E-state index contributed by atoms with van der Waals surface area (Å²) >= 11 is 0. The number of nitriles is 1. The minimum atomic E-state index is -4.95. The molecule has 5 rings (SSSR count). The van der Waals surface area contributed by atoms with Gasteiger partial charge in [-0.15, -0.1) is 0 Å². The zero-order chi connectivity index (χ0) is 26.5. The maximum absolute atomic E-state index is 15.1. The standard InChI is InChI=1S/C24H19F4N7O2/c1-34-11-14(10-30-34)17-8-13(5-6-37-17)21-31-18(15-4-3-12(9-29)7-16(15)25)19-20(32-21)22(36)35(2)23(33-19)24(26,27)28/h3-4,7,10-11,13,17H,5-6,8H2,1-2H3/t13-,17-/m0/s1. The van der Waals surface area contributed by atoms with Crippen LogP contribution >= 0.6 is 0 Å². The molecule has 13 heteroatoms. The Morgan fingerprint density at radius 2 is 1.95 bits per heavy atom. The SMILES string of the molecule is Cn1cc([C@@H]2C[C@@H](c3nc(-c4ccc(C#N)cc4F)c4nc(C(F)(F)F)n(C)c(=O)c4n3)CCO2)cn1. The molecule has 1 saturated heterocycles. The van der Waals surface area contributed by atoms with Crippen LogP contribution in [0.5, 0.6) is 0 Å². The number of hydrogen-bond donors (Lipinski definition) is 0. The first-order valence-electron chi connectivity index (χ1n) is 11.2. The van der Waals surface area contributed by atoms with Gasteiger partial charge in [0.15, 0.2) is 5.52 Å². The molecule has 0 radical (unpaired) electrons. The smallest absolute Gasteiger partial charge is 0.373 e. The first kappa shape index (κ1) is 24.5. The van der Waals surface area contributed by atoms with Crippen LogP contribution in [-0.4, -0.2) is 35.9 Å². The molecule has 1 aromatic carbocycles. The number of hydrogen-bond acceptors (Lipinski definition) is 7. The zero-order valence-electron chi connectivity index (χ0n) is 19.6. The molecule has 0 saturated carbocycles. The van der Waals surface area contributed by atoms with E-state index < -0.39 is 28.9 Å². The second kappa shape index (κ2) is 9.04. The van der Waals surface area contributed by atoms with Crippen molar-refractivity contribution in [3.05, 3.63) is 69.5 Å². The van der Waals surface area contributed by atoms with E-state index in [0.717, 1.165) is 18.7 Å². The summed E-state index contributed by atoms with van der Waals surface area (Å²) in [7, 11) is 2.72. The van der Waals surface area contributed by atoms with Crippen LogP contribution in [0.25, 0.3) is 22.3 Å². The highest BCUT2D eigenvalue weighted by atomic mass is 19.4. The molecular weight excluding hydrogens is 494 g/mol. The Kier molecular flexibility index (Phi) is 5.99. The van der Waals surface area contributed by atoms with Gasteiger partial charge >= 0.3 is 6.18 Å². The van der Waals surface area contributed by atoms with E-state index in [0.29, 0.717) is 24.0 Å². The van der Waals surface area contributed by atoms with Gasteiger partial charge in [-0.25, -0.2) is 19.3 Å². The number of alkyl halides is 3. The number of aryl methyl sites for hydroxylation is 1. The van der Waals surface area contributed by atoms with Gasteiger partial charge in [0, 0.05) is 43.9 Å². The quantitative estimate of drug-likeness (QED) is 0.383. The molecule has 4 heterocycles. The van der Waals surface area contributed by atoms with Gasteiger partial charge in [0.2, 0.25) is 5.82 Å². The monoisotopic (exact) mass is 513 g/mol. The third-order valence-electron chi connectivity index (χ3n) is 6.30. The van der Waals surface area contributed by atoms with Crippen molar-refractivity contribution in [1.29, 1.82) is 5.26 Å². The summed E-state index contributed by atoms with van der Waals surface area (Å²) < 4.78 is 63.9. The molecule has 0 aliphatic carbocycles. The van der Waals surface area contributed by atoms with E-state index in [9.17, 15) is 18.0 Å². The van der Waals surface area contributed by atoms with Gasteiger partial charge in [-0.2, -0.15) is 23.5 Å². The first-order chi connectivity index (χ1) is 17.6. The van der Waals surface area contributed by atoms with E-state index in [-0.39, 0.29) is 40.2 Å². The maximum Gasteiger partial charge on any atom is 0.449 e. The third-order valence-corrected chi connectivity index (χ3v) is 6.30. The van der Waals surface area contributed by atoms with Crippen molar-refractivity contribution in [1.82, 2.24) is 29.3 Å². The Morgan fingerprint density at radius 1 is 1.16 bits per heavy atom. The normalized spacial score (nSPS) is 18.2. The molecule has 0 amide bonds. The summed E-state index contributed by atoms with van der Waals surface area (Å²) in [6.07, 6.45) is -0.907. The van der Waals surface area contributed by atoms with Crippen LogP contribution in [0.1, 0.15) is 47.6 Å². The fourth-order valence-electron chi connectivity index (χ4n) is 4.43. The molecule has 0 N–H and O–H groups in total. The van der Waals surface area contributed by atoms with Crippen molar-refractivity contribution in [3.63, 3.8) is 0 Å². The Morgan fingerprint density at radius 3 is 2.59 bits per heavy atom. The molecule has 4 aromatic rings. The molecule has 1 aliphatic rings. The van der Waals surface area contributed by atoms with Gasteiger partial charge in [-0.1, -0.05) is 0 Å². The number of aromatic nitrogens is 6. The van der Waals surface area contributed by atoms with Crippen molar-refractivity contribution in [2.45, 2.75) is 31.0 Å². The lowest BCUT2D eigenvalue weighted by molar-refractivity contribution is -0.147. The van der Waals surface area contributed by atoms with E-state index in [4.69, 9.17) is 10.00 Å². The Hall–Kier alpha value is -4.18. The summed E-state index contributed by atoms with van der Waals surface area (Å²) in [5.74, 6) is -2.52. The van der Waals surface area contributed by atoms with Crippen LogP contribution in [-0.2, 0) is 25.0 Å². The molecule has 0 spiro atoms. The van der Waals surface area contributed by atoms with Crippen LogP contribution < -0.4 is 5.56 Å². The number of nitrogens with zero attached hydrogens (tertiary/aromatic N) is 7. The lowest BCUT2D eigenvalue weighted by Gasteiger charge is -2.28.